The van der Waals surface area contributed by atoms with Gasteiger partial charge in [0.2, 0.25) is 5.88 Å². The molecule has 1 aliphatic carbocycles. The van der Waals surface area contributed by atoms with Crippen LogP contribution in [0.3, 0.4) is 0 Å². The highest BCUT2D eigenvalue weighted by molar-refractivity contribution is 5.53. The first-order chi connectivity index (χ1) is 14.6. The second-order valence-corrected chi connectivity index (χ2v) is 8.05. The van der Waals surface area contributed by atoms with Crippen molar-refractivity contribution in [3.8, 4) is 5.88 Å². The lowest BCUT2D eigenvalue weighted by Gasteiger charge is -2.20. The average Bonchev–Trinajstić information content (AvgIpc) is 3.26. The molecule has 5 rings (SSSR count). The first-order valence-electron chi connectivity index (χ1n) is 10.2. The first-order valence-corrected chi connectivity index (χ1v) is 10.2. The van der Waals surface area contributed by atoms with Crippen molar-refractivity contribution in [3.05, 3.63) is 65.9 Å². The SMILES string of the molecule is Cc1cc2nc(OC[C@H]3C[C@@H]3c3ccccn3)cc(N(C)Cc3cnn(C)c3)n2n1. The Hall–Kier alpha value is -3.42. The maximum Gasteiger partial charge on any atom is 0.219 e. The van der Waals surface area contributed by atoms with E-state index in [0.717, 1.165) is 41.4 Å². The van der Waals surface area contributed by atoms with Crippen molar-refractivity contribution in [2.45, 2.75) is 25.8 Å². The van der Waals surface area contributed by atoms with E-state index in [0.29, 0.717) is 24.3 Å². The molecule has 8 heteroatoms. The number of nitrogens with zero attached hydrogens (tertiary/aromatic N) is 7. The predicted octanol–water partition coefficient (Wildman–Crippen LogP) is 2.99. The Morgan fingerprint density at radius 2 is 2.17 bits per heavy atom. The van der Waals surface area contributed by atoms with Gasteiger partial charge in [0.25, 0.3) is 0 Å². The number of ether oxygens (including phenoxy) is 1. The van der Waals surface area contributed by atoms with Crippen molar-refractivity contribution >= 4 is 11.5 Å². The molecule has 4 heterocycles. The van der Waals surface area contributed by atoms with E-state index in [2.05, 4.69) is 31.1 Å². The lowest BCUT2D eigenvalue weighted by molar-refractivity contribution is 0.286. The maximum absolute atomic E-state index is 6.12. The van der Waals surface area contributed by atoms with Crippen LogP contribution in [0, 0.1) is 12.8 Å². The van der Waals surface area contributed by atoms with Crippen LogP contribution in [-0.2, 0) is 13.6 Å². The lowest BCUT2D eigenvalue weighted by atomic mass is 10.2. The summed E-state index contributed by atoms with van der Waals surface area (Å²) in [7, 11) is 3.97. The molecule has 1 fully saturated rings. The summed E-state index contributed by atoms with van der Waals surface area (Å²) < 4.78 is 9.80. The van der Waals surface area contributed by atoms with Gasteiger partial charge in [-0.3, -0.25) is 9.67 Å². The molecule has 0 spiro atoms. The number of aryl methyl sites for hydroxylation is 2. The third kappa shape index (κ3) is 3.72. The van der Waals surface area contributed by atoms with Crippen LogP contribution in [0.1, 0.15) is 29.3 Å². The summed E-state index contributed by atoms with van der Waals surface area (Å²) in [5.41, 5.74) is 3.99. The quantitative estimate of drug-likeness (QED) is 0.472. The summed E-state index contributed by atoms with van der Waals surface area (Å²) >= 11 is 0. The summed E-state index contributed by atoms with van der Waals surface area (Å²) in [6.45, 7) is 3.33. The molecule has 1 aliphatic rings. The van der Waals surface area contributed by atoms with Crippen molar-refractivity contribution in [2.24, 2.45) is 13.0 Å². The molecule has 0 unspecified atom stereocenters. The Bertz CT molecular complexity index is 1170. The van der Waals surface area contributed by atoms with Crippen LogP contribution < -0.4 is 9.64 Å². The number of hydrogen-bond acceptors (Lipinski definition) is 6. The van der Waals surface area contributed by atoms with Crippen LogP contribution in [0.15, 0.2) is 48.9 Å². The van der Waals surface area contributed by atoms with Gasteiger partial charge >= 0.3 is 0 Å². The molecule has 0 bridgehead atoms. The van der Waals surface area contributed by atoms with Gasteiger partial charge in [0.05, 0.1) is 18.5 Å². The van der Waals surface area contributed by atoms with Gasteiger partial charge in [-0.05, 0) is 25.5 Å². The van der Waals surface area contributed by atoms with E-state index >= 15 is 0 Å². The van der Waals surface area contributed by atoms with E-state index < -0.39 is 0 Å². The fraction of sp³-hybridized carbons (Fsp3) is 0.364. The Morgan fingerprint density at radius 3 is 2.93 bits per heavy atom. The number of pyridine rings is 1. The summed E-state index contributed by atoms with van der Waals surface area (Å²) in [6.07, 6.45) is 6.86. The molecule has 8 nitrogen and oxygen atoms in total. The topological polar surface area (TPSA) is 73.4 Å². The molecule has 0 radical (unpaired) electrons. The normalized spacial score (nSPS) is 18.0. The Kier molecular flexibility index (Phi) is 4.61. The van der Waals surface area contributed by atoms with E-state index in [9.17, 15) is 0 Å². The van der Waals surface area contributed by atoms with Crippen LogP contribution in [0.4, 0.5) is 5.82 Å². The maximum atomic E-state index is 6.12. The van der Waals surface area contributed by atoms with Crippen LogP contribution in [-0.4, -0.2) is 43.0 Å². The Morgan fingerprint density at radius 1 is 1.27 bits per heavy atom. The van der Waals surface area contributed by atoms with Gasteiger partial charge in [0.15, 0.2) is 5.65 Å². The second-order valence-electron chi connectivity index (χ2n) is 8.05. The fourth-order valence-electron chi connectivity index (χ4n) is 3.89. The van der Waals surface area contributed by atoms with Gasteiger partial charge in [-0.15, -0.1) is 0 Å². The Balaban J connectivity index is 1.34. The molecule has 1 saturated carbocycles. The lowest BCUT2D eigenvalue weighted by Crippen LogP contribution is -2.20. The zero-order valence-electron chi connectivity index (χ0n) is 17.4. The van der Waals surface area contributed by atoms with Gasteiger partial charge in [0, 0.05) is 68.3 Å². The van der Waals surface area contributed by atoms with E-state index in [1.165, 1.54) is 0 Å². The van der Waals surface area contributed by atoms with Crippen LogP contribution >= 0.6 is 0 Å². The fourth-order valence-corrected chi connectivity index (χ4v) is 3.89. The van der Waals surface area contributed by atoms with Gasteiger partial charge < -0.3 is 9.64 Å². The summed E-state index contributed by atoms with van der Waals surface area (Å²) in [6, 6.07) is 10.0. The zero-order chi connectivity index (χ0) is 20.7. The summed E-state index contributed by atoms with van der Waals surface area (Å²) in [4.78, 5) is 11.3. The smallest absolute Gasteiger partial charge is 0.219 e. The van der Waals surface area contributed by atoms with Crippen molar-refractivity contribution < 1.29 is 4.74 Å². The minimum Gasteiger partial charge on any atom is -0.477 e. The van der Waals surface area contributed by atoms with Crippen molar-refractivity contribution in [1.82, 2.24) is 29.4 Å². The zero-order valence-corrected chi connectivity index (χ0v) is 17.4. The van der Waals surface area contributed by atoms with Gasteiger partial charge in [0.1, 0.15) is 5.82 Å². The van der Waals surface area contributed by atoms with Gasteiger partial charge in [-0.2, -0.15) is 19.7 Å². The molecule has 0 aromatic carbocycles. The largest absolute Gasteiger partial charge is 0.477 e. The predicted molar refractivity (Wildman–Crippen MR) is 114 cm³/mol. The number of fused-ring (bicyclic) bond motifs is 1. The third-order valence-corrected chi connectivity index (χ3v) is 5.51. The van der Waals surface area contributed by atoms with E-state index in [1.807, 2.05) is 73.1 Å². The molecule has 2 atom stereocenters. The number of aromatic nitrogens is 6. The second kappa shape index (κ2) is 7.44. The monoisotopic (exact) mass is 403 g/mol. The highest BCUT2D eigenvalue weighted by Crippen LogP contribution is 2.46. The van der Waals surface area contributed by atoms with E-state index in [1.54, 1.807) is 0 Å². The molecule has 30 heavy (non-hydrogen) atoms. The molecule has 154 valence electrons. The minimum absolute atomic E-state index is 0.486. The Labute approximate surface area is 175 Å². The first kappa shape index (κ1) is 18.6. The molecule has 0 amide bonds. The molecule has 4 aromatic heterocycles. The average molecular weight is 403 g/mol. The van der Waals surface area contributed by atoms with Crippen LogP contribution in [0.5, 0.6) is 5.88 Å². The van der Waals surface area contributed by atoms with Gasteiger partial charge in [-0.1, -0.05) is 6.07 Å². The highest BCUT2D eigenvalue weighted by atomic mass is 16.5. The van der Waals surface area contributed by atoms with Crippen molar-refractivity contribution in [2.75, 3.05) is 18.6 Å². The highest BCUT2D eigenvalue weighted by Gasteiger charge is 2.40. The molecule has 0 saturated heterocycles. The van der Waals surface area contributed by atoms with E-state index in [4.69, 9.17) is 4.74 Å². The number of rotatable bonds is 7. The standard InChI is InChI=1S/C22H25N7O/c1-15-8-20-25-21(30-14-17-9-18(17)19-6-4-5-7-23-19)10-22(29(20)26-15)27(2)12-16-11-24-28(3)13-16/h4-8,10-11,13,17-18H,9,12,14H2,1-3H3/t17-,18+/m1/s1. The third-order valence-electron chi connectivity index (χ3n) is 5.51. The molecule has 4 aromatic rings. The van der Waals surface area contributed by atoms with Crippen molar-refractivity contribution in [3.63, 3.8) is 0 Å². The molecule has 0 aliphatic heterocycles. The van der Waals surface area contributed by atoms with Crippen LogP contribution in [0.25, 0.3) is 5.65 Å². The number of anilines is 1. The number of hydrogen-bond donors (Lipinski definition) is 0. The summed E-state index contributed by atoms with van der Waals surface area (Å²) in [5.74, 6) is 2.53. The van der Waals surface area contributed by atoms with Gasteiger partial charge in [-0.25, -0.2) is 0 Å². The molecular weight excluding hydrogens is 378 g/mol. The summed E-state index contributed by atoms with van der Waals surface area (Å²) in [5, 5.41) is 8.87. The minimum atomic E-state index is 0.486. The van der Waals surface area contributed by atoms with Crippen molar-refractivity contribution in [1.29, 1.82) is 0 Å². The molecule has 0 N–H and O–H groups in total. The van der Waals surface area contributed by atoms with E-state index in [-0.39, 0.29) is 0 Å². The van der Waals surface area contributed by atoms with Crippen LogP contribution in [0.2, 0.25) is 0 Å². The molecular formula is C22H25N7O.